The normalized spacial score (nSPS) is 18.2. The molecule has 11 heteroatoms. The summed E-state index contributed by atoms with van der Waals surface area (Å²) in [6.07, 6.45) is 5.37. The molecule has 0 spiro atoms. The van der Waals surface area contributed by atoms with Crippen LogP contribution in [0.25, 0.3) is 17.3 Å². The number of aryl methyl sites for hydroxylation is 1. The quantitative estimate of drug-likeness (QED) is 0.424. The van der Waals surface area contributed by atoms with Crippen LogP contribution in [0, 0.1) is 12.8 Å². The number of pyridine rings is 1. The van der Waals surface area contributed by atoms with Gasteiger partial charge in [-0.05, 0) is 92.0 Å². The zero-order valence-electron chi connectivity index (χ0n) is 21.5. The predicted molar refractivity (Wildman–Crippen MR) is 148 cm³/mol. The maximum absolute atomic E-state index is 11.8. The Morgan fingerprint density at radius 3 is 2.77 bits per heavy atom. The summed E-state index contributed by atoms with van der Waals surface area (Å²) in [4.78, 5) is 39.7. The Morgan fingerprint density at radius 1 is 1.10 bits per heavy atom. The fraction of sp³-hybridized carbons (Fsp3) is 0.321. The average Bonchev–Trinajstić information content (AvgIpc) is 3.53. The van der Waals surface area contributed by atoms with E-state index in [0.29, 0.717) is 29.0 Å². The maximum Gasteiger partial charge on any atom is 0.290 e. The van der Waals surface area contributed by atoms with Gasteiger partial charge in [-0.15, -0.1) is 0 Å². The summed E-state index contributed by atoms with van der Waals surface area (Å²) in [7, 11) is 0. The van der Waals surface area contributed by atoms with E-state index in [1.807, 2.05) is 18.2 Å². The molecule has 2 fully saturated rings. The highest BCUT2D eigenvalue weighted by molar-refractivity contribution is 8.18. The second-order valence-electron chi connectivity index (χ2n) is 9.78. The maximum atomic E-state index is 11.8. The number of ether oxygens (including phenoxy) is 2. The molecule has 1 aromatic carbocycles. The monoisotopic (exact) mass is 544 g/mol. The van der Waals surface area contributed by atoms with Gasteiger partial charge in [0.1, 0.15) is 0 Å². The van der Waals surface area contributed by atoms with Crippen LogP contribution >= 0.6 is 11.8 Å². The molecule has 0 radical (unpaired) electrons. The number of nitrogens with one attached hydrogen (secondary N) is 2. The van der Waals surface area contributed by atoms with E-state index in [2.05, 4.69) is 44.6 Å². The number of piperidine rings is 1. The topological polar surface area (TPSA) is 119 Å². The van der Waals surface area contributed by atoms with Gasteiger partial charge < -0.3 is 19.7 Å². The molecule has 2 aromatic heterocycles. The van der Waals surface area contributed by atoms with Gasteiger partial charge >= 0.3 is 0 Å². The number of carbonyl (C=O) groups excluding carboxylic acids is 2. The van der Waals surface area contributed by atoms with Crippen molar-refractivity contribution in [2.45, 2.75) is 26.3 Å². The molecule has 39 heavy (non-hydrogen) atoms. The van der Waals surface area contributed by atoms with Gasteiger partial charge in [0.2, 0.25) is 12.7 Å². The Hall–Kier alpha value is -3.96. The van der Waals surface area contributed by atoms with Crippen LogP contribution in [0.15, 0.2) is 47.5 Å². The summed E-state index contributed by atoms with van der Waals surface area (Å²) in [6.45, 7) is 5.68. The summed E-state index contributed by atoms with van der Waals surface area (Å²) in [5.74, 6) is 2.34. The molecule has 200 valence electrons. The van der Waals surface area contributed by atoms with E-state index in [1.54, 1.807) is 18.3 Å². The van der Waals surface area contributed by atoms with Crippen molar-refractivity contribution in [2.75, 3.05) is 31.3 Å². The third-order valence-corrected chi connectivity index (χ3v) is 7.72. The minimum atomic E-state index is -0.386. The molecule has 3 aliphatic rings. The fourth-order valence-electron chi connectivity index (χ4n) is 4.93. The zero-order chi connectivity index (χ0) is 26.8. The number of nitrogens with zero attached hydrogens (tertiary/aromatic N) is 4. The van der Waals surface area contributed by atoms with Crippen molar-refractivity contribution in [3.8, 4) is 22.8 Å². The summed E-state index contributed by atoms with van der Waals surface area (Å²) < 4.78 is 11.0. The lowest BCUT2D eigenvalue weighted by Crippen LogP contribution is -2.38. The van der Waals surface area contributed by atoms with Crippen molar-refractivity contribution in [3.05, 3.63) is 64.5 Å². The highest BCUT2D eigenvalue weighted by Gasteiger charge is 2.26. The minimum Gasteiger partial charge on any atom is -0.454 e. The molecule has 2 saturated heterocycles. The van der Waals surface area contributed by atoms with Gasteiger partial charge in [0.05, 0.1) is 22.0 Å². The van der Waals surface area contributed by atoms with E-state index in [9.17, 15) is 9.59 Å². The number of anilines is 1. The molecule has 3 aliphatic heterocycles. The third-order valence-electron chi connectivity index (χ3n) is 6.91. The van der Waals surface area contributed by atoms with Gasteiger partial charge in [-0.25, -0.2) is 9.97 Å². The van der Waals surface area contributed by atoms with Crippen LogP contribution in [0.4, 0.5) is 10.7 Å². The van der Waals surface area contributed by atoms with Crippen LogP contribution in [0.5, 0.6) is 11.5 Å². The lowest BCUT2D eigenvalue weighted by atomic mass is 9.97. The second kappa shape index (κ2) is 11.0. The molecule has 5 heterocycles. The van der Waals surface area contributed by atoms with Gasteiger partial charge in [0, 0.05) is 31.4 Å². The van der Waals surface area contributed by atoms with E-state index in [-0.39, 0.29) is 17.9 Å². The number of hydrogen-bond acceptors (Lipinski definition) is 10. The molecular formula is C28H28N6O4S. The molecular weight excluding hydrogens is 516 g/mol. The number of aromatic nitrogens is 3. The molecule has 6 rings (SSSR count). The van der Waals surface area contributed by atoms with Crippen molar-refractivity contribution in [1.29, 1.82) is 0 Å². The summed E-state index contributed by atoms with van der Waals surface area (Å²) in [5.41, 5.74) is 4.73. The molecule has 0 atom stereocenters. The molecule has 0 unspecified atom stereocenters. The molecule has 2 N–H and O–H groups in total. The average molecular weight is 545 g/mol. The van der Waals surface area contributed by atoms with Crippen LogP contribution in [-0.4, -0.2) is 52.5 Å². The van der Waals surface area contributed by atoms with Crippen LogP contribution < -0.4 is 25.0 Å². The summed E-state index contributed by atoms with van der Waals surface area (Å²) in [6, 6.07) is 11.9. The van der Waals surface area contributed by atoms with E-state index in [1.165, 1.54) is 5.56 Å². The Bertz CT molecular complexity index is 1450. The Balaban J connectivity index is 1.02. The first-order chi connectivity index (χ1) is 19.0. The number of carbonyl (C=O) groups is 2. The molecule has 0 aliphatic carbocycles. The number of imide groups is 1. The van der Waals surface area contributed by atoms with Gasteiger partial charge in [-0.1, -0.05) is 0 Å². The molecule has 10 nitrogen and oxygen atoms in total. The lowest BCUT2D eigenvalue weighted by Gasteiger charge is -2.32. The fourth-order valence-corrected chi connectivity index (χ4v) is 5.59. The van der Waals surface area contributed by atoms with Crippen molar-refractivity contribution in [2.24, 2.45) is 5.92 Å². The first-order valence-corrected chi connectivity index (χ1v) is 13.7. The lowest BCUT2D eigenvalue weighted by molar-refractivity contribution is -0.115. The van der Waals surface area contributed by atoms with Crippen LogP contribution in [0.2, 0.25) is 0 Å². The van der Waals surface area contributed by atoms with Crippen molar-refractivity contribution in [3.63, 3.8) is 0 Å². The van der Waals surface area contributed by atoms with Gasteiger partial charge in [-0.2, -0.15) is 0 Å². The number of fused-ring (bicyclic) bond motifs is 1. The van der Waals surface area contributed by atoms with Crippen molar-refractivity contribution in [1.82, 2.24) is 25.6 Å². The van der Waals surface area contributed by atoms with E-state index in [0.717, 1.165) is 72.7 Å². The number of rotatable bonds is 7. The van der Waals surface area contributed by atoms with E-state index in [4.69, 9.17) is 14.5 Å². The van der Waals surface area contributed by atoms with Gasteiger partial charge in [0.25, 0.3) is 11.1 Å². The number of benzene rings is 1. The van der Waals surface area contributed by atoms with Crippen LogP contribution in [0.1, 0.15) is 29.8 Å². The smallest absolute Gasteiger partial charge is 0.290 e. The number of hydrogen-bond donors (Lipinski definition) is 2. The predicted octanol–water partition coefficient (Wildman–Crippen LogP) is 3.91. The molecule has 3 aromatic rings. The highest BCUT2D eigenvalue weighted by atomic mass is 32.2. The molecule has 0 saturated carbocycles. The summed E-state index contributed by atoms with van der Waals surface area (Å²) >= 11 is 0.887. The third kappa shape index (κ3) is 5.89. The Labute approximate surface area is 230 Å². The molecule has 0 bridgehead atoms. The van der Waals surface area contributed by atoms with E-state index >= 15 is 0 Å². The van der Waals surface area contributed by atoms with Crippen LogP contribution in [-0.2, 0) is 11.3 Å². The van der Waals surface area contributed by atoms with Crippen molar-refractivity contribution >= 4 is 34.9 Å². The van der Waals surface area contributed by atoms with Crippen molar-refractivity contribution < 1.29 is 19.1 Å². The highest BCUT2D eigenvalue weighted by Crippen LogP contribution is 2.35. The Kier molecular flexibility index (Phi) is 7.16. The Morgan fingerprint density at radius 2 is 1.95 bits per heavy atom. The summed E-state index contributed by atoms with van der Waals surface area (Å²) in [5, 5.41) is 5.50. The largest absolute Gasteiger partial charge is 0.454 e. The first kappa shape index (κ1) is 25.3. The number of amides is 2. The SMILES string of the molecule is Cc1cc(CNCC2CCN(c3nccc(/C=C4/SC(=O)NC4=O)n3)CC2)nc(-c2ccc3c(c2)OCO3)c1. The molecule has 2 amide bonds. The van der Waals surface area contributed by atoms with Gasteiger partial charge in [0.15, 0.2) is 11.5 Å². The number of thioether (sulfide) groups is 1. The van der Waals surface area contributed by atoms with Gasteiger partial charge in [-0.3, -0.25) is 19.9 Å². The zero-order valence-corrected chi connectivity index (χ0v) is 22.3. The second-order valence-corrected chi connectivity index (χ2v) is 10.8. The van der Waals surface area contributed by atoms with E-state index < -0.39 is 0 Å². The standard InChI is InChI=1S/C28H28N6O4S/c1-17-10-21(31-22(11-17)19-2-3-23-24(12-19)38-16-37-23)15-29-14-18-5-8-34(9-6-18)27-30-7-4-20(32-27)13-25-26(35)33-28(36)39-25/h2-4,7,10-13,18,29H,5-6,8-9,14-16H2,1H3,(H,33,35,36)/b25-13+. The minimum absolute atomic E-state index is 0.258. The first-order valence-electron chi connectivity index (χ1n) is 12.9. The van der Waals surface area contributed by atoms with Crippen LogP contribution in [0.3, 0.4) is 0 Å².